The van der Waals surface area contributed by atoms with Gasteiger partial charge in [0.15, 0.2) is 5.96 Å². The summed E-state index contributed by atoms with van der Waals surface area (Å²) in [6.07, 6.45) is 3.49. The summed E-state index contributed by atoms with van der Waals surface area (Å²) < 4.78 is 1.68. The number of hydrogen-bond acceptors (Lipinski definition) is 4. The molecule has 0 bridgehead atoms. The average Bonchev–Trinajstić information content (AvgIpc) is 2.92. The lowest BCUT2D eigenvalue weighted by Gasteiger charge is -2.23. The maximum Gasteiger partial charge on any atom is 0.191 e. The lowest BCUT2D eigenvalue weighted by atomic mass is 10.0. The van der Waals surface area contributed by atoms with Crippen LogP contribution in [0.5, 0.6) is 0 Å². The zero-order valence-electron chi connectivity index (χ0n) is 15.7. The molecule has 1 rings (SSSR count). The highest BCUT2D eigenvalue weighted by molar-refractivity contribution is 14.0. The van der Waals surface area contributed by atoms with E-state index in [4.69, 9.17) is 0 Å². The van der Waals surface area contributed by atoms with Crippen molar-refractivity contribution in [3.05, 3.63) is 18.0 Å². The quantitative estimate of drug-likeness (QED) is 0.313. The third-order valence-electron chi connectivity index (χ3n) is 3.85. The predicted octanol–water partition coefficient (Wildman–Crippen LogP) is 1.14. The topological polar surface area (TPSA) is 77.7 Å². The standard InChI is InChI=1S/C16H32N6O.HI/c1-7-17-15(18-8-9-21(5)13(2)3)19-12-16(4,23)14-10-20-22(6)11-14;/h10-11,13,23H,7-9,12H2,1-6H3,(H2,17,18,19);1H. The van der Waals surface area contributed by atoms with Crippen LogP contribution in [-0.4, -0.2) is 65.0 Å². The smallest absolute Gasteiger partial charge is 0.191 e. The molecule has 24 heavy (non-hydrogen) atoms. The molecule has 1 heterocycles. The van der Waals surface area contributed by atoms with Crippen LogP contribution < -0.4 is 10.6 Å². The molecular weight excluding hydrogens is 419 g/mol. The molecule has 0 aliphatic carbocycles. The van der Waals surface area contributed by atoms with Crippen LogP contribution in [0.3, 0.4) is 0 Å². The first-order valence-corrected chi connectivity index (χ1v) is 8.20. The fourth-order valence-electron chi connectivity index (χ4n) is 1.97. The van der Waals surface area contributed by atoms with Crippen molar-refractivity contribution in [1.82, 2.24) is 25.3 Å². The molecule has 140 valence electrons. The van der Waals surface area contributed by atoms with E-state index in [1.165, 1.54) is 0 Å². The summed E-state index contributed by atoms with van der Waals surface area (Å²) in [4.78, 5) is 6.77. The third-order valence-corrected chi connectivity index (χ3v) is 3.85. The van der Waals surface area contributed by atoms with Crippen molar-refractivity contribution in [1.29, 1.82) is 0 Å². The Morgan fingerprint density at radius 2 is 2.12 bits per heavy atom. The molecular formula is C16H33IN6O. The number of hydrogen-bond donors (Lipinski definition) is 3. The predicted molar refractivity (Wildman–Crippen MR) is 110 cm³/mol. The highest BCUT2D eigenvalue weighted by Crippen LogP contribution is 2.19. The van der Waals surface area contributed by atoms with Crippen LogP contribution in [0.2, 0.25) is 0 Å². The molecule has 1 atom stereocenters. The van der Waals surface area contributed by atoms with Crippen LogP contribution in [0, 0.1) is 0 Å². The largest absolute Gasteiger partial charge is 0.383 e. The van der Waals surface area contributed by atoms with E-state index in [1.54, 1.807) is 17.8 Å². The van der Waals surface area contributed by atoms with Crippen LogP contribution in [0.25, 0.3) is 0 Å². The van der Waals surface area contributed by atoms with Crippen LogP contribution >= 0.6 is 24.0 Å². The SMILES string of the molecule is CCNC(=NCC(C)(O)c1cnn(C)c1)NCCN(C)C(C)C.I. The number of rotatable bonds is 8. The Morgan fingerprint density at radius 1 is 1.46 bits per heavy atom. The Kier molecular flexibility index (Phi) is 10.5. The van der Waals surface area contributed by atoms with Gasteiger partial charge in [0.05, 0.1) is 12.7 Å². The molecule has 8 heteroatoms. The third kappa shape index (κ3) is 7.80. The number of aromatic nitrogens is 2. The summed E-state index contributed by atoms with van der Waals surface area (Å²) in [6.45, 7) is 10.9. The lowest BCUT2D eigenvalue weighted by Crippen LogP contribution is -2.42. The van der Waals surface area contributed by atoms with Gasteiger partial charge < -0.3 is 20.6 Å². The van der Waals surface area contributed by atoms with Gasteiger partial charge in [-0.1, -0.05) is 0 Å². The molecule has 0 saturated heterocycles. The molecule has 3 N–H and O–H groups in total. The second-order valence-electron chi connectivity index (χ2n) is 6.37. The average molecular weight is 452 g/mol. The number of guanidine groups is 1. The Balaban J connectivity index is 0.00000529. The maximum atomic E-state index is 10.6. The van der Waals surface area contributed by atoms with Gasteiger partial charge in [0, 0.05) is 44.5 Å². The molecule has 0 fully saturated rings. The number of halogens is 1. The summed E-state index contributed by atoms with van der Waals surface area (Å²) in [5.74, 6) is 0.717. The molecule has 0 aliphatic rings. The lowest BCUT2D eigenvalue weighted by molar-refractivity contribution is 0.0672. The Morgan fingerprint density at radius 3 is 2.62 bits per heavy atom. The van der Waals surface area contributed by atoms with Gasteiger partial charge in [-0.2, -0.15) is 5.10 Å². The number of aryl methyl sites for hydroxylation is 1. The van der Waals surface area contributed by atoms with Crippen molar-refractivity contribution in [3.63, 3.8) is 0 Å². The molecule has 0 saturated carbocycles. The van der Waals surface area contributed by atoms with E-state index in [0.717, 1.165) is 25.2 Å². The van der Waals surface area contributed by atoms with Crippen LogP contribution in [0.15, 0.2) is 17.4 Å². The zero-order valence-corrected chi connectivity index (χ0v) is 18.0. The molecule has 1 aromatic heterocycles. The van der Waals surface area contributed by atoms with Crippen molar-refractivity contribution in [3.8, 4) is 0 Å². The first-order valence-electron chi connectivity index (χ1n) is 8.20. The maximum absolute atomic E-state index is 10.6. The summed E-state index contributed by atoms with van der Waals surface area (Å²) in [5, 5.41) is 21.2. The number of aliphatic imine (C=N–C) groups is 1. The zero-order chi connectivity index (χ0) is 17.5. The van der Waals surface area contributed by atoms with Crippen molar-refractivity contribution in [2.75, 3.05) is 33.2 Å². The van der Waals surface area contributed by atoms with E-state index in [0.29, 0.717) is 12.0 Å². The van der Waals surface area contributed by atoms with Crippen LogP contribution in [0.1, 0.15) is 33.3 Å². The van der Waals surface area contributed by atoms with E-state index in [2.05, 4.69) is 46.5 Å². The minimum absolute atomic E-state index is 0. The molecule has 0 radical (unpaired) electrons. The Labute approximate surface area is 162 Å². The van der Waals surface area contributed by atoms with Gasteiger partial charge in [0.2, 0.25) is 0 Å². The highest BCUT2D eigenvalue weighted by atomic mass is 127. The normalized spacial score (nSPS) is 14.5. The van der Waals surface area contributed by atoms with E-state index in [9.17, 15) is 5.11 Å². The van der Waals surface area contributed by atoms with Gasteiger partial charge in [-0.05, 0) is 34.7 Å². The van der Waals surface area contributed by atoms with Gasteiger partial charge in [0.25, 0.3) is 0 Å². The minimum Gasteiger partial charge on any atom is -0.383 e. The molecule has 1 aromatic rings. The number of likely N-dealkylation sites (N-methyl/N-ethyl adjacent to an activating group) is 1. The van der Waals surface area contributed by atoms with Crippen molar-refractivity contribution in [2.24, 2.45) is 12.0 Å². The summed E-state index contributed by atoms with van der Waals surface area (Å²) in [5.41, 5.74) is -0.273. The molecule has 0 aromatic carbocycles. The van der Waals surface area contributed by atoms with Gasteiger partial charge in [-0.25, -0.2) is 4.99 Å². The number of nitrogens with one attached hydrogen (secondary N) is 2. The number of nitrogens with zero attached hydrogens (tertiary/aromatic N) is 4. The van der Waals surface area contributed by atoms with Gasteiger partial charge >= 0.3 is 0 Å². The van der Waals surface area contributed by atoms with Crippen molar-refractivity contribution >= 4 is 29.9 Å². The van der Waals surface area contributed by atoms with Crippen molar-refractivity contribution < 1.29 is 5.11 Å². The fraction of sp³-hybridized carbons (Fsp3) is 0.750. The van der Waals surface area contributed by atoms with E-state index in [-0.39, 0.29) is 30.5 Å². The summed E-state index contributed by atoms with van der Waals surface area (Å²) >= 11 is 0. The van der Waals surface area contributed by atoms with E-state index in [1.807, 2.05) is 20.2 Å². The highest BCUT2D eigenvalue weighted by Gasteiger charge is 2.24. The Hall–Kier alpha value is -0.870. The number of aliphatic hydroxyl groups is 1. The molecule has 0 amide bonds. The van der Waals surface area contributed by atoms with Crippen LogP contribution in [-0.2, 0) is 12.6 Å². The molecule has 7 nitrogen and oxygen atoms in total. The van der Waals surface area contributed by atoms with Crippen LogP contribution in [0.4, 0.5) is 0 Å². The van der Waals surface area contributed by atoms with Gasteiger partial charge in [-0.15, -0.1) is 24.0 Å². The minimum atomic E-state index is -1.04. The summed E-state index contributed by atoms with van der Waals surface area (Å²) in [6, 6.07) is 0.516. The van der Waals surface area contributed by atoms with Gasteiger partial charge in [0.1, 0.15) is 5.60 Å². The second-order valence-corrected chi connectivity index (χ2v) is 6.37. The first kappa shape index (κ1) is 23.1. The summed E-state index contributed by atoms with van der Waals surface area (Å²) in [7, 11) is 3.93. The first-order chi connectivity index (χ1) is 10.8. The van der Waals surface area contributed by atoms with E-state index >= 15 is 0 Å². The molecule has 0 aliphatic heterocycles. The fourth-order valence-corrected chi connectivity index (χ4v) is 1.97. The second kappa shape index (κ2) is 10.9. The van der Waals surface area contributed by atoms with E-state index < -0.39 is 5.60 Å². The van der Waals surface area contributed by atoms with Crippen molar-refractivity contribution in [2.45, 2.75) is 39.3 Å². The Bertz CT molecular complexity index is 501. The monoisotopic (exact) mass is 452 g/mol. The molecule has 0 spiro atoms. The van der Waals surface area contributed by atoms with Gasteiger partial charge in [-0.3, -0.25) is 4.68 Å². The molecule has 1 unspecified atom stereocenters.